The fraction of sp³-hybridized carbons (Fsp3) is 0.909. The SMILES string of the molecule is CCC1CCCC(NCCC(=O)O)C1. The van der Waals surface area contributed by atoms with Gasteiger partial charge in [0.05, 0.1) is 6.42 Å². The van der Waals surface area contributed by atoms with E-state index in [4.69, 9.17) is 5.11 Å². The summed E-state index contributed by atoms with van der Waals surface area (Å²) in [6, 6.07) is 0.563. The lowest BCUT2D eigenvalue weighted by Gasteiger charge is -2.29. The van der Waals surface area contributed by atoms with E-state index in [1.165, 1.54) is 32.1 Å². The fourth-order valence-electron chi connectivity index (χ4n) is 2.23. The third kappa shape index (κ3) is 4.09. The van der Waals surface area contributed by atoms with Crippen LogP contribution in [0.4, 0.5) is 0 Å². The van der Waals surface area contributed by atoms with Gasteiger partial charge in [-0.25, -0.2) is 0 Å². The van der Waals surface area contributed by atoms with Gasteiger partial charge in [0.15, 0.2) is 0 Å². The molecule has 1 aliphatic carbocycles. The summed E-state index contributed by atoms with van der Waals surface area (Å²) in [5.74, 6) is 0.145. The molecule has 2 N–H and O–H groups in total. The molecule has 1 saturated carbocycles. The molecular formula is C11H21NO2. The minimum atomic E-state index is -0.708. The van der Waals surface area contributed by atoms with Crippen LogP contribution >= 0.6 is 0 Å². The minimum absolute atomic E-state index is 0.243. The van der Waals surface area contributed by atoms with Crippen LogP contribution in [0.2, 0.25) is 0 Å². The van der Waals surface area contributed by atoms with Gasteiger partial charge in [0.1, 0.15) is 0 Å². The molecule has 0 radical (unpaired) electrons. The molecule has 2 atom stereocenters. The first-order chi connectivity index (χ1) is 6.72. The summed E-state index contributed by atoms with van der Waals surface area (Å²) in [6.07, 6.45) is 6.60. The lowest BCUT2D eigenvalue weighted by molar-refractivity contribution is -0.136. The molecule has 0 aliphatic heterocycles. The predicted molar refractivity (Wildman–Crippen MR) is 56.3 cm³/mol. The first-order valence-corrected chi connectivity index (χ1v) is 5.67. The van der Waals surface area contributed by atoms with Gasteiger partial charge in [0.2, 0.25) is 0 Å². The average Bonchev–Trinajstić information content (AvgIpc) is 2.18. The van der Waals surface area contributed by atoms with Crippen LogP contribution < -0.4 is 5.32 Å². The van der Waals surface area contributed by atoms with Crippen LogP contribution in [0.1, 0.15) is 45.4 Å². The molecule has 1 aliphatic rings. The van der Waals surface area contributed by atoms with E-state index in [2.05, 4.69) is 12.2 Å². The third-order valence-corrected chi connectivity index (χ3v) is 3.13. The van der Waals surface area contributed by atoms with Gasteiger partial charge < -0.3 is 10.4 Å². The number of carbonyl (C=O) groups is 1. The van der Waals surface area contributed by atoms with E-state index < -0.39 is 5.97 Å². The quantitative estimate of drug-likeness (QED) is 0.712. The number of rotatable bonds is 5. The molecule has 1 fully saturated rings. The van der Waals surface area contributed by atoms with E-state index in [0.29, 0.717) is 12.6 Å². The van der Waals surface area contributed by atoms with Crippen molar-refractivity contribution < 1.29 is 9.90 Å². The average molecular weight is 199 g/mol. The van der Waals surface area contributed by atoms with Crippen LogP contribution in [0.15, 0.2) is 0 Å². The Morgan fingerprint density at radius 1 is 1.50 bits per heavy atom. The van der Waals surface area contributed by atoms with Crippen molar-refractivity contribution in [3.8, 4) is 0 Å². The minimum Gasteiger partial charge on any atom is -0.481 e. The number of carboxylic acids is 1. The Balaban J connectivity index is 2.14. The lowest BCUT2D eigenvalue weighted by atomic mass is 9.84. The van der Waals surface area contributed by atoms with Gasteiger partial charge in [0.25, 0.3) is 0 Å². The van der Waals surface area contributed by atoms with Crippen molar-refractivity contribution in [2.24, 2.45) is 5.92 Å². The van der Waals surface area contributed by atoms with E-state index >= 15 is 0 Å². The van der Waals surface area contributed by atoms with Gasteiger partial charge >= 0.3 is 5.97 Å². The lowest BCUT2D eigenvalue weighted by Crippen LogP contribution is -2.35. The second kappa shape index (κ2) is 6.02. The molecule has 0 spiro atoms. The van der Waals surface area contributed by atoms with Crippen molar-refractivity contribution >= 4 is 5.97 Å². The fourth-order valence-corrected chi connectivity index (χ4v) is 2.23. The predicted octanol–water partition coefficient (Wildman–Crippen LogP) is 2.02. The van der Waals surface area contributed by atoms with Crippen molar-refractivity contribution in [2.45, 2.75) is 51.5 Å². The van der Waals surface area contributed by atoms with Gasteiger partial charge in [-0.05, 0) is 18.8 Å². The second-order valence-electron chi connectivity index (χ2n) is 4.24. The van der Waals surface area contributed by atoms with Crippen LogP contribution in [0.5, 0.6) is 0 Å². The molecule has 0 aromatic heterocycles. The summed E-state index contributed by atoms with van der Waals surface area (Å²) in [6.45, 7) is 2.86. The summed E-state index contributed by atoms with van der Waals surface area (Å²) in [5, 5.41) is 11.8. The second-order valence-corrected chi connectivity index (χ2v) is 4.24. The van der Waals surface area contributed by atoms with Crippen molar-refractivity contribution in [1.82, 2.24) is 5.32 Å². The van der Waals surface area contributed by atoms with E-state index in [1.54, 1.807) is 0 Å². The van der Waals surface area contributed by atoms with Crippen molar-refractivity contribution in [3.63, 3.8) is 0 Å². The van der Waals surface area contributed by atoms with Crippen LogP contribution in [0.25, 0.3) is 0 Å². The van der Waals surface area contributed by atoms with Gasteiger partial charge in [-0.1, -0.05) is 26.2 Å². The van der Waals surface area contributed by atoms with Crippen LogP contribution in [-0.4, -0.2) is 23.7 Å². The molecule has 3 nitrogen and oxygen atoms in total. The maximum absolute atomic E-state index is 10.3. The summed E-state index contributed by atoms with van der Waals surface area (Å²) < 4.78 is 0. The van der Waals surface area contributed by atoms with Crippen molar-refractivity contribution in [1.29, 1.82) is 0 Å². The van der Waals surface area contributed by atoms with Crippen LogP contribution in [-0.2, 0) is 4.79 Å². The highest BCUT2D eigenvalue weighted by atomic mass is 16.4. The Morgan fingerprint density at radius 2 is 2.29 bits per heavy atom. The standard InChI is InChI=1S/C11H21NO2/c1-2-9-4-3-5-10(8-9)12-7-6-11(13)14/h9-10,12H,2-8H2,1H3,(H,13,14). The highest BCUT2D eigenvalue weighted by Gasteiger charge is 2.19. The molecule has 3 heteroatoms. The molecule has 0 saturated heterocycles. The van der Waals surface area contributed by atoms with Gasteiger partial charge in [-0.3, -0.25) is 4.79 Å². The number of hydrogen-bond acceptors (Lipinski definition) is 2. The Hall–Kier alpha value is -0.570. The molecule has 1 rings (SSSR count). The van der Waals surface area contributed by atoms with Gasteiger partial charge in [0, 0.05) is 12.6 Å². The van der Waals surface area contributed by atoms with Crippen LogP contribution in [0, 0.1) is 5.92 Å². The highest BCUT2D eigenvalue weighted by molar-refractivity contribution is 5.66. The number of aliphatic carboxylic acids is 1. The first kappa shape index (κ1) is 11.5. The zero-order chi connectivity index (χ0) is 10.4. The molecular weight excluding hydrogens is 178 g/mol. The topological polar surface area (TPSA) is 49.3 Å². The smallest absolute Gasteiger partial charge is 0.304 e. The largest absolute Gasteiger partial charge is 0.481 e. The molecule has 0 aromatic carbocycles. The first-order valence-electron chi connectivity index (χ1n) is 5.67. The van der Waals surface area contributed by atoms with E-state index in [-0.39, 0.29) is 6.42 Å². The molecule has 14 heavy (non-hydrogen) atoms. The van der Waals surface area contributed by atoms with E-state index in [9.17, 15) is 4.79 Å². The highest BCUT2D eigenvalue weighted by Crippen LogP contribution is 2.26. The zero-order valence-electron chi connectivity index (χ0n) is 8.96. The zero-order valence-corrected chi connectivity index (χ0v) is 8.96. The van der Waals surface area contributed by atoms with Gasteiger partial charge in [-0.2, -0.15) is 0 Å². The Kier molecular flexibility index (Phi) is 4.94. The number of hydrogen-bond donors (Lipinski definition) is 2. The maximum Gasteiger partial charge on any atom is 0.304 e. The molecule has 2 unspecified atom stereocenters. The van der Waals surface area contributed by atoms with Crippen molar-refractivity contribution in [3.05, 3.63) is 0 Å². The number of carboxylic acid groups (broad SMARTS) is 1. The molecule has 0 amide bonds. The number of nitrogens with one attached hydrogen (secondary N) is 1. The molecule has 0 heterocycles. The Morgan fingerprint density at radius 3 is 2.93 bits per heavy atom. The third-order valence-electron chi connectivity index (χ3n) is 3.13. The van der Waals surface area contributed by atoms with Gasteiger partial charge in [-0.15, -0.1) is 0 Å². The summed E-state index contributed by atoms with van der Waals surface area (Å²) in [5.41, 5.74) is 0. The van der Waals surface area contributed by atoms with E-state index in [1.807, 2.05) is 0 Å². The monoisotopic (exact) mass is 199 g/mol. The van der Waals surface area contributed by atoms with Crippen molar-refractivity contribution in [2.75, 3.05) is 6.54 Å². The molecule has 0 aromatic rings. The van der Waals surface area contributed by atoms with Crippen LogP contribution in [0.3, 0.4) is 0 Å². The maximum atomic E-state index is 10.3. The summed E-state index contributed by atoms with van der Waals surface area (Å²) >= 11 is 0. The normalized spacial score (nSPS) is 27.5. The molecule has 0 bridgehead atoms. The summed E-state index contributed by atoms with van der Waals surface area (Å²) in [7, 11) is 0. The Bertz CT molecular complexity index is 182. The Labute approximate surface area is 85.9 Å². The molecule has 82 valence electrons. The summed E-state index contributed by atoms with van der Waals surface area (Å²) in [4.78, 5) is 10.3. The van der Waals surface area contributed by atoms with E-state index in [0.717, 1.165) is 5.92 Å².